The Hall–Kier alpha value is -3.55. The van der Waals surface area contributed by atoms with E-state index in [0.29, 0.717) is 28.5 Å². The highest BCUT2D eigenvalue weighted by molar-refractivity contribution is 6.04. The summed E-state index contributed by atoms with van der Waals surface area (Å²) in [5, 5.41) is 3.42. The Morgan fingerprint density at radius 1 is 1.33 bits per heavy atom. The summed E-state index contributed by atoms with van der Waals surface area (Å²) in [6.07, 6.45) is 1.56. The third-order valence-corrected chi connectivity index (χ3v) is 3.31. The van der Waals surface area contributed by atoms with E-state index in [9.17, 15) is 4.79 Å². The van der Waals surface area contributed by atoms with Gasteiger partial charge in [-0.05, 0) is 18.2 Å². The number of aliphatic imine (C=N–C) groups is 1. The van der Waals surface area contributed by atoms with Crippen LogP contribution in [0.2, 0.25) is 0 Å². The molecule has 2 aromatic heterocycles. The molecule has 0 aliphatic heterocycles. The zero-order chi connectivity index (χ0) is 17.1. The van der Waals surface area contributed by atoms with Crippen molar-refractivity contribution >= 4 is 28.6 Å². The highest BCUT2D eigenvalue weighted by Gasteiger charge is 2.12. The number of para-hydroxylation sites is 1. The second-order valence-electron chi connectivity index (χ2n) is 4.97. The standard InChI is InChI=1S/C16H16N6O2/c1-19-16(18)22-15(23)11-7-9-3-2-4-12(14(9)21-11)24-10-5-6-20-13(17)8-10/h2-8,21H,1H3,(H2,17,20)(H3,18,19,22,23). The van der Waals surface area contributed by atoms with E-state index in [1.807, 2.05) is 12.1 Å². The number of benzene rings is 1. The molecular formula is C16H16N6O2. The molecule has 0 radical (unpaired) electrons. The molecule has 0 spiro atoms. The predicted octanol–water partition coefficient (Wildman–Crippen LogP) is 1.61. The molecule has 0 saturated heterocycles. The van der Waals surface area contributed by atoms with E-state index >= 15 is 0 Å². The van der Waals surface area contributed by atoms with Crippen molar-refractivity contribution in [2.45, 2.75) is 0 Å². The number of nitrogens with two attached hydrogens (primary N) is 2. The van der Waals surface area contributed by atoms with Crippen LogP contribution in [0.4, 0.5) is 5.82 Å². The Bertz CT molecular complexity index is 931. The molecule has 8 nitrogen and oxygen atoms in total. The first-order valence-corrected chi connectivity index (χ1v) is 7.14. The summed E-state index contributed by atoms with van der Waals surface area (Å²) in [6, 6.07) is 10.5. The molecule has 0 aliphatic rings. The van der Waals surface area contributed by atoms with Crippen molar-refractivity contribution < 1.29 is 9.53 Å². The Labute approximate surface area is 137 Å². The quantitative estimate of drug-likeness (QED) is 0.427. The molecule has 24 heavy (non-hydrogen) atoms. The van der Waals surface area contributed by atoms with Gasteiger partial charge in [-0.3, -0.25) is 4.79 Å². The van der Waals surface area contributed by atoms with Crippen LogP contribution < -0.4 is 21.5 Å². The average Bonchev–Trinajstić information content (AvgIpc) is 3.00. The zero-order valence-electron chi connectivity index (χ0n) is 12.9. The summed E-state index contributed by atoms with van der Waals surface area (Å²) in [7, 11) is 1.59. The predicted molar refractivity (Wildman–Crippen MR) is 92.0 cm³/mol. The maximum atomic E-state index is 12.1. The van der Waals surface area contributed by atoms with Crippen molar-refractivity contribution in [1.82, 2.24) is 15.3 Å². The van der Waals surface area contributed by atoms with Crippen molar-refractivity contribution in [3.63, 3.8) is 0 Å². The fourth-order valence-corrected chi connectivity index (χ4v) is 2.17. The van der Waals surface area contributed by atoms with Crippen molar-refractivity contribution in [2.24, 2.45) is 10.7 Å². The van der Waals surface area contributed by atoms with Gasteiger partial charge < -0.3 is 26.5 Å². The second kappa shape index (κ2) is 6.29. The number of hydrogen-bond acceptors (Lipinski definition) is 4. The number of nitrogens with zero attached hydrogens (tertiary/aromatic N) is 2. The number of aromatic nitrogens is 2. The van der Waals surface area contributed by atoms with Crippen LogP contribution in [0.3, 0.4) is 0 Å². The van der Waals surface area contributed by atoms with Gasteiger partial charge in [0.15, 0.2) is 11.7 Å². The number of hydrogen-bond donors (Lipinski definition) is 4. The second-order valence-corrected chi connectivity index (χ2v) is 4.97. The van der Waals surface area contributed by atoms with Gasteiger partial charge in [0.05, 0.1) is 5.52 Å². The first kappa shape index (κ1) is 15.3. The number of rotatable bonds is 3. The molecule has 0 atom stereocenters. The number of carbonyl (C=O) groups is 1. The Morgan fingerprint density at radius 3 is 2.92 bits per heavy atom. The molecular weight excluding hydrogens is 308 g/mol. The molecule has 0 unspecified atom stereocenters. The van der Waals surface area contributed by atoms with Crippen LogP contribution in [-0.4, -0.2) is 28.9 Å². The summed E-state index contributed by atoms with van der Waals surface area (Å²) in [5.74, 6) is 1.04. The monoisotopic (exact) mass is 324 g/mol. The van der Waals surface area contributed by atoms with E-state index in [-0.39, 0.29) is 5.96 Å². The largest absolute Gasteiger partial charge is 0.455 e. The SMILES string of the molecule is CNC(N)=NC(=O)c1cc2cccc(Oc3ccnc(N)c3)c2[nH]1. The molecule has 0 saturated carbocycles. The van der Waals surface area contributed by atoms with Gasteiger partial charge in [0, 0.05) is 24.7 Å². The lowest BCUT2D eigenvalue weighted by atomic mass is 10.2. The Kier molecular flexibility index (Phi) is 4.02. The number of nitrogen functional groups attached to an aromatic ring is 1. The van der Waals surface area contributed by atoms with Crippen LogP contribution in [0.15, 0.2) is 47.6 Å². The first-order valence-electron chi connectivity index (χ1n) is 7.14. The number of fused-ring (bicyclic) bond motifs is 1. The van der Waals surface area contributed by atoms with Gasteiger partial charge in [-0.2, -0.15) is 4.99 Å². The summed E-state index contributed by atoms with van der Waals surface area (Å²) in [5.41, 5.74) is 12.2. The minimum Gasteiger partial charge on any atom is -0.455 e. The van der Waals surface area contributed by atoms with Gasteiger partial charge in [0.25, 0.3) is 5.91 Å². The van der Waals surface area contributed by atoms with Crippen LogP contribution in [-0.2, 0) is 0 Å². The van der Waals surface area contributed by atoms with Crippen LogP contribution in [0.1, 0.15) is 10.5 Å². The van der Waals surface area contributed by atoms with Crippen molar-refractivity contribution in [3.05, 3.63) is 48.3 Å². The van der Waals surface area contributed by atoms with Crippen LogP contribution in [0, 0.1) is 0 Å². The third-order valence-electron chi connectivity index (χ3n) is 3.31. The third kappa shape index (κ3) is 3.12. The fourth-order valence-electron chi connectivity index (χ4n) is 2.17. The molecule has 0 aliphatic carbocycles. The lowest BCUT2D eigenvalue weighted by Crippen LogP contribution is -2.28. The number of pyridine rings is 1. The van der Waals surface area contributed by atoms with Crippen molar-refractivity contribution in [2.75, 3.05) is 12.8 Å². The molecule has 1 aromatic carbocycles. The molecule has 6 N–H and O–H groups in total. The van der Waals surface area contributed by atoms with Gasteiger partial charge in [0.2, 0.25) is 0 Å². The van der Waals surface area contributed by atoms with E-state index in [4.69, 9.17) is 16.2 Å². The van der Waals surface area contributed by atoms with Crippen LogP contribution in [0.25, 0.3) is 10.9 Å². The topological polar surface area (TPSA) is 131 Å². The normalized spacial score (nSPS) is 11.5. The Morgan fingerprint density at radius 2 is 2.17 bits per heavy atom. The molecule has 8 heteroatoms. The van der Waals surface area contributed by atoms with Gasteiger partial charge in [-0.1, -0.05) is 12.1 Å². The molecule has 122 valence electrons. The van der Waals surface area contributed by atoms with E-state index in [0.717, 1.165) is 5.39 Å². The zero-order valence-corrected chi connectivity index (χ0v) is 12.9. The number of guanidine groups is 1. The summed E-state index contributed by atoms with van der Waals surface area (Å²) in [6.45, 7) is 0. The smallest absolute Gasteiger partial charge is 0.296 e. The molecule has 0 bridgehead atoms. The minimum absolute atomic E-state index is 0.0439. The molecule has 3 aromatic rings. The Balaban J connectivity index is 1.97. The van der Waals surface area contributed by atoms with Gasteiger partial charge in [-0.15, -0.1) is 0 Å². The number of anilines is 1. The highest BCUT2D eigenvalue weighted by atomic mass is 16.5. The average molecular weight is 324 g/mol. The highest BCUT2D eigenvalue weighted by Crippen LogP contribution is 2.30. The van der Waals surface area contributed by atoms with Gasteiger partial charge in [0.1, 0.15) is 17.3 Å². The summed E-state index contributed by atoms with van der Waals surface area (Å²) in [4.78, 5) is 22.8. The lowest BCUT2D eigenvalue weighted by molar-refractivity contribution is 0.0998. The van der Waals surface area contributed by atoms with Gasteiger partial charge >= 0.3 is 0 Å². The first-order chi connectivity index (χ1) is 11.6. The lowest BCUT2D eigenvalue weighted by Gasteiger charge is -2.07. The molecule has 2 heterocycles. The van der Waals surface area contributed by atoms with Crippen LogP contribution >= 0.6 is 0 Å². The molecule has 3 rings (SSSR count). The number of nitrogens with one attached hydrogen (secondary N) is 2. The minimum atomic E-state index is -0.475. The van der Waals surface area contributed by atoms with Crippen molar-refractivity contribution in [1.29, 1.82) is 0 Å². The van der Waals surface area contributed by atoms with Crippen molar-refractivity contribution in [3.8, 4) is 11.5 Å². The number of carbonyl (C=O) groups excluding carboxylic acids is 1. The summed E-state index contributed by atoms with van der Waals surface area (Å²) < 4.78 is 5.83. The van der Waals surface area contributed by atoms with E-state index < -0.39 is 5.91 Å². The number of aromatic amines is 1. The maximum absolute atomic E-state index is 12.1. The number of ether oxygens (including phenoxy) is 1. The maximum Gasteiger partial charge on any atom is 0.296 e. The van der Waals surface area contributed by atoms with Crippen LogP contribution in [0.5, 0.6) is 11.5 Å². The van der Waals surface area contributed by atoms with Gasteiger partial charge in [-0.25, -0.2) is 4.98 Å². The molecule has 1 amide bonds. The van der Waals surface area contributed by atoms with E-state index in [1.54, 1.807) is 37.5 Å². The summed E-state index contributed by atoms with van der Waals surface area (Å²) >= 11 is 0. The number of H-pyrrole nitrogens is 1. The fraction of sp³-hybridized carbons (Fsp3) is 0.0625. The number of amides is 1. The van der Waals surface area contributed by atoms with E-state index in [1.165, 1.54) is 0 Å². The molecule has 0 fully saturated rings. The van der Waals surface area contributed by atoms with E-state index in [2.05, 4.69) is 20.3 Å².